The SMILES string of the molecule is CC(NCC(O)c1ccsc1)c1c(F)cccc1F. The van der Waals surface area contributed by atoms with E-state index in [1.54, 1.807) is 6.92 Å². The summed E-state index contributed by atoms with van der Waals surface area (Å²) in [4.78, 5) is 0. The second kappa shape index (κ2) is 6.23. The van der Waals surface area contributed by atoms with E-state index in [1.165, 1.54) is 29.5 Å². The van der Waals surface area contributed by atoms with Gasteiger partial charge in [0.25, 0.3) is 0 Å². The van der Waals surface area contributed by atoms with E-state index in [1.807, 2.05) is 16.8 Å². The van der Waals surface area contributed by atoms with Gasteiger partial charge in [0, 0.05) is 18.2 Å². The normalized spacial score (nSPS) is 14.3. The lowest BCUT2D eigenvalue weighted by atomic mass is 10.1. The number of benzene rings is 1. The Morgan fingerprint density at radius 1 is 1.26 bits per heavy atom. The summed E-state index contributed by atoms with van der Waals surface area (Å²) < 4.78 is 27.1. The van der Waals surface area contributed by atoms with E-state index < -0.39 is 23.8 Å². The van der Waals surface area contributed by atoms with Crippen LogP contribution in [0.25, 0.3) is 0 Å². The van der Waals surface area contributed by atoms with Crippen LogP contribution in [0.15, 0.2) is 35.0 Å². The van der Waals surface area contributed by atoms with E-state index in [0.717, 1.165) is 5.56 Å². The summed E-state index contributed by atoms with van der Waals surface area (Å²) in [5, 5.41) is 16.6. The molecule has 2 N–H and O–H groups in total. The number of aliphatic hydroxyl groups excluding tert-OH is 1. The Balaban J connectivity index is 2.00. The highest BCUT2D eigenvalue weighted by molar-refractivity contribution is 7.07. The van der Waals surface area contributed by atoms with Gasteiger partial charge in [0.2, 0.25) is 0 Å². The van der Waals surface area contributed by atoms with Crippen LogP contribution in [0.5, 0.6) is 0 Å². The molecule has 0 saturated heterocycles. The summed E-state index contributed by atoms with van der Waals surface area (Å²) in [6.07, 6.45) is -0.677. The summed E-state index contributed by atoms with van der Waals surface area (Å²) in [5.41, 5.74) is 0.804. The maximum atomic E-state index is 13.6. The van der Waals surface area contributed by atoms with Crippen LogP contribution in [0, 0.1) is 11.6 Å². The van der Waals surface area contributed by atoms with Gasteiger partial charge in [0.15, 0.2) is 0 Å². The van der Waals surface area contributed by atoms with Crippen LogP contribution >= 0.6 is 11.3 Å². The van der Waals surface area contributed by atoms with Gasteiger partial charge in [-0.05, 0) is 41.4 Å². The molecule has 0 bridgehead atoms. The first-order valence-electron chi connectivity index (χ1n) is 5.97. The molecule has 0 saturated carbocycles. The molecule has 19 heavy (non-hydrogen) atoms. The number of hydrogen-bond donors (Lipinski definition) is 2. The highest BCUT2D eigenvalue weighted by atomic mass is 32.1. The van der Waals surface area contributed by atoms with Crippen LogP contribution in [-0.4, -0.2) is 11.7 Å². The number of hydrogen-bond acceptors (Lipinski definition) is 3. The van der Waals surface area contributed by atoms with Gasteiger partial charge < -0.3 is 10.4 Å². The maximum absolute atomic E-state index is 13.6. The number of thiophene rings is 1. The lowest BCUT2D eigenvalue weighted by Crippen LogP contribution is -2.25. The molecule has 1 heterocycles. The van der Waals surface area contributed by atoms with Crippen LogP contribution in [0.4, 0.5) is 8.78 Å². The zero-order valence-corrected chi connectivity index (χ0v) is 11.3. The molecule has 1 aromatic carbocycles. The van der Waals surface area contributed by atoms with Gasteiger partial charge in [-0.2, -0.15) is 11.3 Å². The van der Waals surface area contributed by atoms with Crippen molar-refractivity contribution in [2.24, 2.45) is 0 Å². The first-order valence-corrected chi connectivity index (χ1v) is 6.91. The molecule has 2 unspecified atom stereocenters. The monoisotopic (exact) mass is 283 g/mol. The van der Waals surface area contributed by atoms with Crippen LogP contribution in [0.2, 0.25) is 0 Å². The van der Waals surface area contributed by atoms with Crippen molar-refractivity contribution in [3.05, 3.63) is 57.8 Å². The van der Waals surface area contributed by atoms with Crippen LogP contribution in [-0.2, 0) is 0 Å². The number of rotatable bonds is 5. The minimum Gasteiger partial charge on any atom is -0.387 e. The molecular formula is C14H15F2NOS. The molecule has 0 amide bonds. The first kappa shape index (κ1) is 14.1. The third-order valence-corrected chi connectivity index (χ3v) is 3.68. The van der Waals surface area contributed by atoms with Crippen molar-refractivity contribution in [2.45, 2.75) is 19.1 Å². The third-order valence-electron chi connectivity index (χ3n) is 2.98. The van der Waals surface area contributed by atoms with E-state index in [2.05, 4.69) is 5.32 Å². The predicted molar refractivity (Wildman–Crippen MR) is 72.1 cm³/mol. The summed E-state index contributed by atoms with van der Waals surface area (Å²) in [7, 11) is 0. The Morgan fingerprint density at radius 3 is 2.53 bits per heavy atom. The predicted octanol–water partition coefficient (Wildman–Crippen LogP) is 3.41. The molecule has 102 valence electrons. The number of aliphatic hydroxyl groups is 1. The fraction of sp³-hybridized carbons (Fsp3) is 0.286. The molecule has 5 heteroatoms. The van der Waals surface area contributed by atoms with Gasteiger partial charge >= 0.3 is 0 Å². The number of nitrogens with one attached hydrogen (secondary N) is 1. The quantitative estimate of drug-likeness (QED) is 0.881. The van der Waals surface area contributed by atoms with Crippen molar-refractivity contribution >= 4 is 11.3 Å². The first-order chi connectivity index (χ1) is 9.09. The number of halogens is 2. The minimum atomic E-state index is -0.677. The molecule has 2 aromatic rings. The van der Waals surface area contributed by atoms with E-state index in [4.69, 9.17) is 0 Å². The molecule has 0 aliphatic heterocycles. The summed E-state index contributed by atoms with van der Waals surface area (Å²) in [5.74, 6) is -1.16. The molecule has 2 nitrogen and oxygen atoms in total. The average Bonchev–Trinajstić information content (AvgIpc) is 2.89. The topological polar surface area (TPSA) is 32.3 Å². The Morgan fingerprint density at radius 2 is 1.95 bits per heavy atom. The van der Waals surface area contributed by atoms with Crippen LogP contribution in [0.1, 0.15) is 30.2 Å². The van der Waals surface area contributed by atoms with Crippen LogP contribution < -0.4 is 5.32 Å². The van der Waals surface area contributed by atoms with Gasteiger partial charge in [-0.3, -0.25) is 0 Å². The molecule has 0 radical (unpaired) electrons. The van der Waals surface area contributed by atoms with Crippen molar-refractivity contribution in [1.29, 1.82) is 0 Å². The van der Waals surface area contributed by atoms with Gasteiger partial charge in [0.1, 0.15) is 11.6 Å². The van der Waals surface area contributed by atoms with E-state index in [0.29, 0.717) is 0 Å². The van der Waals surface area contributed by atoms with Crippen molar-refractivity contribution in [2.75, 3.05) is 6.54 Å². The lowest BCUT2D eigenvalue weighted by molar-refractivity contribution is 0.170. The summed E-state index contributed by atoms with van der Waals surface area (Å²) >= 11 is 1.50. The second-order valence-corrected chi connectivity index (χ2v) is 5.12. The summed E-state index contributed by atoms with van der Waals surface area (Å²) in [6.45, 7) is 1.91. The van der Waals surface area contributed by atoms with E-state index in [9.17, 15) is 13.9 Å². The molecule has 0 spiro atoms. The van der Waals surface area contributed by atoms with Crippen LogP contribution in [0.3, 0.4) is 0 Å². The van der Waals surface area contributed by atoms with Gasteiger partial charge in [-0.25, -0.2) is 8.78 Å². The highest BCUT2D eigenvalue weighted by Crippen LogP contribution is 2.21. The Bertz CT molecular complexity index is 510. The fourth-order valence-electron chi connectivity index (χ4n) is 1.90. The fourth-order valence-corrected chi connectivity index (χ4v) is 2.60. The maximum Gasteiger partial charge on any atom is 0.130 e. The zero-order chi connectivity index (χ0) is 13.8. The van der Waals surface area contributed by atoms with Gasteiger partial charge in [-0.1, -0.05) is 6.07 Å². The van der Waals surface area contributed by atoms with Crippen molar-refractivity contribution < 1.29 is 13.9 Å². The van der Waals surface area contributed by atoms with Gasteiger partial charge in [0.05, 0.1) is 6.10 Å². The third kappa shape index (κ3) is 3.37. The molecule has 0 fully saturated rings. The molecule has 0 aliphatic carbocycles. The Hall–Kier alpha value is -1.30. The molecule has 2 atom stereocenters. The van der Waals surface area contributed by atoms with E-state index >= 15 is 0 Å². The van der Waals surface area contributed by atoms with Crippen molar-refractivity contribution in [3.63, 3.8) is 0 Å². The summed E-state index contributed by atoms with van der Waals surface area (Å²) in [6, 6.07) is 5.11. The zero-order valence-electron chi connectivity index (χ0n) is 10.4. The van der Waals surface area contributed by atoms with E-state index in [-0.39, 0.29) is 12.1 Å². The largest absolute Gasteiger partial charge is 0.387 e. The molecule has 2 rings (SSSR count). The Labute approximate surface area is 114 Å². The average molecular weight is 283 g/mol. The van der Waals surface area contributed by atoms with Crippen molar-refractivity contribution in [3.8, 4) is 0 Å². The molecular weight excluding hydrogens is 268 g/mol. The molecule has 0 aliphatic rings. The standard InChI is InChI=1S/C14H15F2NOS/c1-9(14-11(15)3-2-4-12(14)16)17-7-13(18)10-5-6-19-8-10/h2-6,8-9,13,17-18H,7H2,1H3. The minimum absolute atomic E-state index is 0.0000172. The van der Waals surface area contributed by atoms with Gasteiger partial charge in [-0.15, -0.1) is 0 Å². The smallest absolute Gasteiger partial charge is 0.130 e. The highest BCUT2D eigenvalue weighted by Gasteiger charge is 2.17. The second-order valence-electron chi connectivity index (χ2n) is 4.34. The van der Waals surface area contributed by atoms with Crippen molar-refractivity contribution in [1.82, 2.24) is 5.32 Å². The Kier molecular flexibility index (Phi) is 4.63. The lowest BCUT2D eigenvalue weighted by Gasteiger charge is -2.18. The molecule has 1 aromatic heterocycles.